The highest BCUT2D eigenvalue weighted by atomic mass is 15.3. The Hall–Kier alpha value is -0.830. The summed E-state index contributed by atoms with van der Waals surface area (Å²) >= 11 is 0. The Kier molecular flexibility index (Phi) is 5.25. The first-order valence-electron chi connectivity index (χ1n) is 8.23. The smallest absolute Gasteiger partial charge is 0.0628 e. The van der Waals surface area contributed by atoms with Gasteiger partial charge in [0.25, 0.3) is 0 Å². The number of aryl methyl sites for hydroxylation is 2. The van der Waals surface area contributed by atoms with Gasteiger partial charge >= 0.3 is 0 Å². The molecule has 0 amide bonds. The molecule has 0 aliphatic heterocycles. The zero-order valence-corrected chi connectivity index (χ0v) is 13.9. The topological polar surface area (TPSA) is 29.9 Å². The summed E-state index contributed by atoms with van der Waals surface area (Å²) in [5.74, 6) is 1.81. The molecular formula is C17H31N3. The van der Waals surface area contributed by atoms with Crippen molar-refractivity contribution >= 4 is 0 Å². The molecule has 114 valence electrons. The van der Waals surface area contributed by atoms with E-state index in [4.69, 9.17) is 0 Å². The molecule has 1 aliphatic rings. The van der Waals surface area contributed by atoms with Crippen molar-refractivity contribution < 1.29 is 0 Å². The van der Waals surface area contributed by atoms with Crippen molar-refractivity contribution in [3.8, 4) is 0 Å². The maximum Gasteiger partial charge on any atom is 0.0628 e. The molecule has 0 radical (unpaired) electrons. The molecule has 3 nitrogen and oxygen atoms in total. The molecule has 1 fully saturated rings. The van der Waals surface area contributed by atoms with Gasteiger partial charge in [-0.25, -0.2) is 0 Å². The Bertz CT molecular complexity index is 428. The Balaban J connectivity index is 2.02. The van der Waals surface area contributed by atoms with E-state index in [1.165, 1.54) is 49.1 Å². The van der Waals surface area contributed by atoms with Crippen LogP contribution in [-0.2, 0) is 13.5 Å². The van der Waals surface area contributed by atoms with Crippen LogP contribution in [0, 0.1) is 25.7 Å². The molecule has 1 heterocycles. The van der Waals surface area contributed by atoms with E-state index >= 15 is 0 Å². The summed E-state index contributed by atoms with van der Waals surface area (Å²) in [5, 5.41) is 8.14. The van der Waals surface area contributed by atoms with E-state index in [9.17, 15) is 0 Å². The van der Waals surface area contributed by atoms with E-state index in [-0.39, 0.29) is 0 Å². The molecule has 1 aromatic heterocycles. The van der Waals surface area contributed by atoms with E-state index in [0.717, 1.165) is 18.3 Å². The van der Waals surface area contributed by atoms with Crippen LogP contribution in [0.15, 0.2) is 0 Å². The van der Waals surface area contributed by atoms with E-state index < -0.39 is 0 Å². The highest BCUT2D eigenvalue weighted by molar-refractivity contribution is 5.25. The first kappa shape index (κ1) is 15.6. The largest absolute Gasteiger partial charge is 0.316 e. The minimum Gasteiger partial charge on any atom is -0.316 e. The van der Waals surface area contributed by atoms with Gasteiger partial charge in [0, 0.05) is 18.8 Å². The van der Waals surface area contributed by atoms with Gasteiger partial charge in [0.05, 0.1) is 5.69 Å². The van der Waals surface area contributed by atoms with Crippen LogP contribution in [0.4, 0.5) is 0 Å². The number of rotatable bonds is 5. The van der Waals surface area contributed by atoms with Gasteiger partial charge < -0.3 is 5.32 Å². The SMILES string of the molecule is CCC1CCC(C(Cc2c(C)nn(C)c2C)NC)CC1. The van der Waals surface area contributed by atoms with E-state index in [1.54, 1.807) is 0 Å². The molecule has 0 spiro atoms. The van der Waals surface area contributed by atoms with Gasteiger partial charge in [0.15, 0.2) is 0 Å². The molecule has 1 atom stereocenters. The summed E-state index contributed by atoms with van der Waals surface area (Å²) in [5.41, 5.74) is 3.97. The van der Waals surface area contributed by atoms with Crippen molar-refractivity contribution in [1.29, 1.82) is 0 Å². The number of likely N-dealkylation sites (N-methyl/N-ethyl adjacent to an activating group) is 1. The Morgan fingerprint density at radius 3 is 2.35 bits per heavy atom. The predicted octanol–water partition coefficient (Wildman–Crippen LogP) is 3.38. The standard InChI is InChI=1S/C17H31N3/c1-6-14-7-9-15(10-8-14)17(18-4)11-16-12(2)19-20(5)13(16)3/h14-15,17-18H,6-11H2,1-5H3. The van der Waals surface area contributed by atoms with Gasteiger partial charge in [-0.1, -0.05) is 26.2 Å². The highest BCUT2D eigenvalue weighted by Gasteiger charge is 2.27. The predicted molar refractivity (Wildman–Crippen MR) is 85.0 cm³/mol. The summed E-state index contributed by atoms with van der Waals surface area (Å²) in [6.07, 6.45) is 8.11. The zero-order chi connectivity index (χ0) is 14.7. The fourth-order valence-corrected chi connectivity index (χ4v) is 3.84. The fraction of sp³-hybridized carbons (Fsp3) is 0.824. The van der Waals surface area contributed by atoms with Gasteiger partial charge in [-0.15, -0.1) is 0 Å². The third-order valence-corrected chi connectivity index (χ3v) is 5.49. The van der Waals surface area contributed by atoms with Crippen LogP contribution in [0.1, 0.15) is 56.0 Å². The van der Waals surface area contributed by atoms with E-state index in [1.807, 2.05) is 11.7 Å². The van der Waals surface area contributed by atoms with Gasteiger partial charge in [-0.3, -0.25) is 4.68 Å². The average molecular weight is 277 g/mol. The molecule has 1 N–H and O–H groups in total. The number of hydrogen-bond acceptors (Lipinski definition) is 2. The van der Waals surface area contributed by atoms with Crippen LogP contribution >= 0.6 is 0 Å². The lowest BCUT2D eigenvalue weighted by molar-refractivity contribution is 0.222. The monoisotopic (exact) mass is 277 g/mol. The number of aromatic nitrogens is 2. The van der Waals surface area contributed by atoms with Gasteiger partial charge in [-0.05, 0) is 57.6 Å². The van der Waals surface area contributed by atoms with Crippen LogP contribution in [0.3, 0.4) is 0 Å². The normalized spacial score (nSPS) is 24.9. The third kappa shape index (κ3) is 3.25. The minimum absolute atomic E-state index is 0.606. The summed E-state index contributed by atoms with van der Waals surface area (Å²) in [7, 11) is 4.17. The third-order valence-electron chi connectivity index (χ3n) is 5.49. The second-order valence-corrected chi connectivity index (χ2v) is 6.56. The van der Waals surface area contributed by atoms with Crippen LogP contribution in [0.25, 0.3) is 0 Å². The number of nitrogens with one attached hydrogen (secondary N) is 1. The van der Waals surface area contributed by atoms with Gasteiger partial charge in [0.2, 0.25) is 0 Å². The average Bonchev–Trinajstić information content (AvgIpc) is 2.70. The second-order valence-electron chi connectivity index (χ2n) is 6.56. The number of hydrogen-bond donors (Lipinski definition) is 1. The molecular weight excluding hydrogens is 246 g/mol. The fourth-order valence-electron chi connectivity index (χ4n) is 3.84. The maximum absolute atomic E-state index is 4.56. The molecule has 1 unspecified atom stereocenters. The van der Waals surface area contributed by atoms with Crippen molar-refractivity contribution in [3.05, 3.63) is 17.0 Å². The maximum atomic E-state index is 4.56. The zero-order valence-electron chi connectivity index (χ0n) is 13.9. The molecule has 0 saturated heterocycles. The summed E-state index contributed by atoms with van der Waals surface area (Å²) in [6.45, 7) is 6.67. The molecule has 1 aliphatic carbocycles. The lowest BCUT2D eigenvalue weighted by Gasteiger charge is -2.33. The Morgan fingerprint density at radius 2 is 1.90 bits per heavy atom. The van der Waals surface area contributed by atoms with E-state index in [2.05, 4.69) is 38.2 Å². The summed E-state index contributed by atoms with van der Waals surface area (Å²) < 4.78 is 2.02. The van der Waals surface area contributed by atoms with Crippen LogP contribution in [0.2, 0.25) is 0 Å². The van der Waals surface area contributed by atoms with E-state index in [0.29, 0.717) is 6.04 Å². The van der Waals surface area contributed by atoms with Crippen molar-refractivity contribution in [3.63, 3.8) is 0 Å². The molecule has 20 heavy (non-hydrogen) atoms. The first-order valence-corrected chi connectivity index (χ1v) is 8.23. The highest BCUT2D eigenvalue weighted by Crippen LogP contribution is 2.33. The van der Waals surface area contributed by atoms with Crippen molar-refractivity contribution in [1.82, 2.24) is 15.1 Å². The summed E-state index contributed by atoms with van der Waals surface area (Å²) in [4.78, 5) is 0. The molecule has 3 heteroatoms. The Labute approximate surface area is 124 Å². The molecule has 2 rings (SSSR count). The molecule has 1 saturated carbocycles. The van der Waals surface area contributed by atoms with Crippen molar-refractivity contribution in [2.24, 2.45) is 18.9 Å². The van der Waals surface area contributed by atoms with Gasteiger partial charge in [0.1, 0.15) is 0 Å². The quantitative estimate of drug-likeness (QED) is 0.894. The molecule has 1 aromatic rings. The lowest BCUT2D eigenvalue weighted by atomic mass is 9.76. The van der Waals surface area contributed by atoms with Crippen LogP contribution in [-0.4, -0.2) is 22.9 Å². The van der Waals surface area contributed by atoms with Gasteiger partial charge in [-0.2, -0.15) is 5.10 Å². The second kappa shape index (κ2) is 6.75. The first-order chi connectivity index (χ1) is 9.56. The Morgan fingerprint density at radius 1 is 1.25 bits per heavy atom. The van der Waals surface area contributed by atoms with Crippen molar-refractivity contribution in [2.75, 3.05) is 7.05 Å². The summed E-state index contributed by atoms with van der Waals surface area (Å²) in [6, 6.07) is 0.606. The van der Waals surface area contributed by atoms with Crippen molar-refractivity contribution in [2.45, 2.75) is 65.3 Å². The number of nitrogens with zero attached hydrogens (tertiary/aromatic N) is 2. The van der Waals surface area contributed by atoms with Crippen LogP contribution in [0.5, 0.6) is 0 Å². The molecule has 0 bridgehead atoms. The lowest BCUT2D eigenvalue weighted by Crippen LogP contribution is -2.37. The molecule has 0 aromatic carbocycles. The minimum atomic E-state index is 0.606. The van der Waals surface area contributed by atoms with Crippen LogP contribution < -0.4 is 5.32 Å².